The first-order chi connectivity index (χ1) is 7.88. The van der Waals surface area contributed by atoms with E-state index in [0.717, 1.165) is 0 Å². The number of benzene rings is 2. The van der Waals surface area contributed by atoms with E-state index in [1.54, 1.807) is 0 Å². The van der Waals surface area contributed by atoms with Gasteiger partial charge in [-0.3, -0.25) is 4.21 Å². The van der Waals surface area contributed by atoms with Gasteiger partial charge in [-0.2, -0.15) is 0 Å². The van der Waals surface area contributed by atoms with Crippen LogP contribution in [0.4, 0.5) is 0 Å². The number of rotatable bonds is 2. The molecule has 1 fully saturated rings. The Labute approximate surface area is 97.6 Å². The van der Waals surface area contributed by atoms with Gasteiger partial charge in [-0.25, -0.2) is 0 Å². The Hall–Kier alpha value is -1.41. The average molecular weight is 228 g/mol. The van der Waals surface area contributed by atoms with Crippen LogP contribution in [0.5, 0.6) is 0 Å². The van der Waals surface area contributed by atoms with Crippen molar-refractivity contribution < 1.29 is 4.21 Å². The third kappa shape index (κ3) is 1.59. The van der Waals surface area contributed by atoms with Crippen LogP contribution in [0.2, 0.25) is 0 Å². The summed E-state index contributed by atoms with van der Waals surface area (Å²) >= 11 is 0. The lowest BCUT2D eigenvalue weighted by Crippen LogP contribution is -1.82. The van der Waals surface area contributed by atoms with E-state index in [0.29, 0.717) is 0 Å². The van der Waals surface area contributed by atoms with E-state index in [4.69, 9.17) is 0 Å². The summed E-state index contributed by atoms with van der Waals surface area (Å²) < 4.78 is 11.9. The normalized spacial score (nSPS) is 27.6. The van der Waals surface area contributed by atoms with Crippen LogP contribution in [-0.2, 0) is 10.8 Å². The molecule has 0 unspecified atom stereocenters. The lowest BCUT2D eigenvalue weighted by molar-refractivity contribution is 0.692. The van der Waals surface area contributed by atoms with Gasteiger partial charge in [0.2, 0.25) is 0 Å². The monoisotopic (exact) mass is 228 g/mol. The summed E-state index contributed by atoms with van der Waals surface area (Å²) in [6.45, 7) is 0. The molecule has 0 saturated carbocycles. The van der Waals surface area contributed by atoms with E-state index < -0.39 is 10.8 Å². The Morgan fingerprint density at radius 3 is 1.44 bits per heavy atom. The van der Waals surface area contributed by atoms with Crippen molar-refractivity contribution in [2.24, 2.45) is 0 Å². The molecular weight excluding hydrogens is 216 g/mol. The smallest absolute Gasteiger partial charge is 0.0788 e. The lowest BCUT2D eigenvalue weighted by atomic mass is 10.0. The molecule has 1 aliphatic heterocycles. The Kier molecular flexibility index (Phi) is 2.37. The SMILES string of the molecule is O=S1[C@@H](c2ccccc2)[C@@H]1c1ccccc1. The third-order valence-corrected chi connectivity index (χ3v) is 4.73. The molecule has 16 heavy (non-hydrogen) atoms. The van der Waals surface area contributed by atoms with E-state index in [9.17, 15) is 4.21 Å². The largest absolute Gasteiger partial charge is 0.258 e. The molecule has 0 aliphatic carbocycles. The first kappa shape index (κ1) is 9.79. The summed E-state index contributed by atoms with van der Waals surface area (Å²) in [7, 11) is -0.739. The zero-order chi connectivity index (χ0) is 11.0. The topological polar surface area (TPSA) is 17.1 Å². The van der Waals surface area contributed by atoms with Gasteiger partial charge in [-0.05, 0) is 11.1 Å². The highest BCUT2D eigenvalue weighted by molar-refractivity contribution is 7.92. The molecule has 0 spiro atoms. The average Bonchev–Trinajstić information content (AvgIpc) is 3.03. The highest BCUT2D eigenvalue weighted by atomic mass is 32.2. The van der Waals surface area contributed by atoms with Crippen LogP contribution >= 0.6 is 0 Å². The standard InChI is InChI=1S/C14H12OS/c15-16-13(11-7-3-1-4-8-11)14(16)12-9-5-2-6-10-12/h1-10,13-14H/t13-,14-/m0/s1. The van der Waals surface area contributed by atoms with Gasteiger partial charge in [0.1, 0.15) is 0 Å². The van der Waals surface area contributed by atoms with Crippen molar-refractivity contribution in [3.8, 4) is 0 Å². The van der Waals surface area contributed by atoms with Crippen molar-refractivity contribution in [1.29, 1.82) is 0 Å². The minimum Gasteiger partial charge on any atom is -0.258 e. The quantitative estimate of drug-likeness (QED) is 0.721. The summed E-state index contributed by atoms with van der Waals surface area (Å²) in [5.41, 5.74) is 2.38. The first-order valence-electron chi connectivity index (χ1n) is 5.37. The minimum atomic E-state index is -0.739. The second-order valence-corrected chi connectivity index (χ2v) is 5.66. The maximum absolute atomic E-state index is 11.9. The van der Waals surface area contributed by atoms with Crippen molar-refractivity contribution in [3.63, 3.8) is 0 Å². The van der Waals surface area contributed by atoms with Gasteiger partial charge in [0.15, 0.2) is 0 Å². The second kappa shape index (κ2) is 3.87. The Bertz CT molecular complexity index is 459. The summed E-state index contributed by atoms with van der Waals surface area (Å²) in [6, 6.07) is 20.3. The summed E-state index contributed by atoms with van der Waals surface area (Å²) in [6.07, 6.45) is 0. The Balaban J connectivity index is 1.90. The summed E-state index contributed by atoms with van der Waals surface area (Å²) in [5.74, 6) is 0. The molecule has 1 nitrogen and oxygen atoms in total. The van der Waals surface area contributed by atoms with E-state index in [1.807, 2.05) is 36.4 Å². The van der Waals surface area contributed by atoms with Crippen LogP contribution in [0.1, 0.15) is 21.6 Å². The van der Waals surface area contributed by atoms with Crippen LogP contribution in [0.25, 0.3) is 0 Å². The molecular formula is C14H12OS. The van der Waals surface area contributed by atoms with Crippen LogP contribution < -0.4 is 0 Å². The number of hydrogen-bond acceptors (Lipinski definition) is 1. The molecule has 0 radical (unpaired) electrons. The van der Waals surface area contributed by atoms with Gasteiger partial charge in [0.05, 0.1) is 10.5 Å². The predicted octanol–water partition coefficient (Wildman–Crippen LogP) is 3.23. The van der Waals surface area contributed by atoms with E-state index in [2.05, 4.69) is 24.3 Å². The lowest BCUT2D eigenvalue weighted by Gasteiger charge is -1.97. The fourth-order valence-electron chi connectivity index (χ4n) is 2.09. The fraction of sp³-hybridized carbons (Fsp3) is 0.143. The van der Waals surface area contributed by atoms with Gasteiger partial charge in [-0.15, -0.1) is 0 Å². The highest BCUT2D eigenvalue weighted by Crippen LogP contribution is 2.54. The van der Waals surface area contributed by atoms with Crippen LogP contribution in [0, 0.1) is 0 Å². The van der Waals surface area contributed by atoms with Crippen molar-refractivity contribution in [1.82, 2.24) is 0 Å². The molecule has 1 aliphatic rings. The van der Waals surface area contributed by atoms with E-state index >= 15 is 0 Å². The van der Waals surface area contributed by atoms with Gasteiger partial charge in [0, 0.05) is 10.8 Å². The highest BCUT2D eigenvalue weighted by Gasteiger charge is 2.49. The predicted molar refractivity (Wildman–Crippen MR) is 66.5 cm³/mol. The molecule has 0 N–H and O–H groups in total. The molecule has 3 rings (SSSR count). The molecule has 2 heteroatoms. The van der Waals surface area contributed by atoms with Crippen molar-refractivity contribution in [3.05, 3.63) is 71.8 Å². The Morgan fingerprint density at radius 1 is 0.688 bits per heavy atom. The fourth-order valence-corrected chi connectivity index (χ4v) is 3.78. The maximum Gasteiger partial charge on any atom is 0.0788 e. The molecule has 2 atom stereocenters. The summed E-state index contributed by atoms with van der Waals surface area (Å²) in [4.78, 5) is 0. The van der Waals surface area contributed by atoms with Crippen molar-refractivity contribution >= 4 is 10.8 Å². The minimum absolute atomic E-state index is 0.198. The van der Waals surface area contributed by atoms with E-state index in [1.165, 1.54) is 11.1 Å². The molecule has 80 valence electrons. The molecule has 1 saturated heterocycles. The Morgan fingerprint density at radius 2 is 1.06 bits per heavy atom. The molecule has 0 bridgehead atoms. The molecule has 1 heterocycles. The van der Waals surface area contributed by atoms with Gasteiger partial charge in [0.25, 0.3) is 0 Å². The van der Waals surface area contributed by atoms with Gasteiger partial charge >= 0.3 is 0 Å². The van der Waals surface area contributed by atoms with Crippen LogP contribution in [-0.4, -0.2) is 4.21 Å². The third-order valence-electron chi connectivity index (χ3n) is 2.96. The van der Waals surface area contributed by atoms with Crippen molar-refractivity contribution in [2.75, 3.05) is 0 Å². The van der Waals surface area contributed by atoms with Crippen molar-refractivity contribution in [2.45, 2.75) is 10.5 Å². The molecule has 2 aromatic rings. The van der Waals surface area contributed by atoms with Crippen LogP contribution in [0.3, 0.4) is 0 Å². The number of hydrogen-bond donors (Lipinski definition) is 0. The molecule has 0 amide bonds. The van der Waals surface area contributed by atoms with E-state index in [-0.39, 0.29) is 10.5 Å². The zero-order valence-corrected chi connectivity index (χ0v) is 9.56. The van der Waals surface area contributed by atoms with Gasteiger partial charge < -0.3 is 0 Å². The summed E-state index contributed by atoms with van der Waals surface area (Å²) in [5, 5.41) is 0.396. The first-order valence-corrected chi connectivity index (χ1v) is 6.65. The maximum atomic E-state index is 11.9. The molecule has 0 aromatic heterocycles. The molecule has 2 aromatic carbocycles. The van der Waals surface area contributed by atoms with Crippen LogP contribution in [0.15, 0.2) is 60.7 Å². The second-order valence-electron chi connectivity index (χ2n) is 3.99. The zero-order valence-electron chi connectivity index (χ0n) is 8.74. The van der Waals surface area contributed by atoms with Gasteiger partial charge in [-0.1, -0.05) is 60.7 Å².